The van der Waals surface area contributed by atoms with E-state index in [1.54, 1.807) is 11.8 Å². The summed E-state index contributed by atoms with van der Waals surface area (Å²) in [6.07, 6.45) is 6.89. The van der Waals surface area contributed by atoms with Gasteiger partial charge in [0.25, 0.3) is 0 Å². The van der Waals surface area contributed by atoms with Gasteiger partial charge in [0.15, 0.2) is 0 Å². The number of fused-ring (bicyclic) bond motifs is 1. The molecule has 4 saturated carbocycles. The number of thioether (sulfide) groups is 1. The van der Waals surface area contributed by atoms with E-state index in [4.69, 9.17) is 0 Å². The molecule has 0 atom stereocenters. The highest BCUT2D eigenvalue weighted by atomic mass is 32.2. The Morgan fingerprint density at radius 3 is 2.32 bits per heavy atom. The van der Waals surface area contributed by atoms with Crippen LogP contribution in [-0.4, -0.2) is 17.7 Å². The van der Waals surface area contributed by atoms with Crippen LogP contribution in [-0.2, 0) is 4.79 Å². The molecule has 130 valence electrons. The number of rotatable bonds is 4. The number of amides is 1. The van der Waals surface area contributed by atoms with E-state index in [9.17, 15) is 4.79 Å². The molecule has 25 heavy (non-hydrogen) atoms. The van der Waals surface area contributed by atoms with Gasteiger partial charge in [-0.05, 0) is 78.7 Å². The van der Waals surface area contributed by atoms with Gasteiger partial charge >= 0.3 is 0 Å². The molecule has 2 aromatic carbocycles. The molecule has 2 nitrogen and oxygen atoms in total. The second kappa shape index (κ2) is 6.35. The lowest BCUT2D eigenvalue weighted by molar-refractivity contribution is -0.122. The van der Waals surface area contributed by atoms with Crippen molar-refractivity contribution in [1.82, 2.24) is 5.32 Å². The quantitative estimate of drug-likeness (QED) is 0.796. The summed E-state index contributed by atoms with van der Waals surface area (Å²) in [6, 6.07) is 15.3. The van der Waals surface area contributed by atoms with Gasteiger partial charge in [-0.25, -0.2) is 0 Å². The highest BCUT2D eigenvalue weighted by molar-refractivity contribution is 8.00. The van der Waals surface area contributed by atoms with E-state index in [1.807, 2.05) is 0 Å². The highest BCUT2D eigenvalue weighted by Crippen LogP contribution is 2.53. The summed E-state index contributed by atoms with van der Waals surface area (Å²) in [4.78, 5) is 13.7. The van der Waals surface area contributed by atoms with E-state index < -0.39 is 0 Å². The molecule has 0 radical (unpaired) electrons. The first kappa shape index (κ1) is 15.7. The van der Waals surface area contributed by atoms with Crippen LogP contribution in [0, 0.1) is 23.7 Å². The predicted molar refractivity (Wildman–Crippen MR) is 104 cm³/mol. The Morgan fingerprint density at radius 1 is 0.920 bits per heavy atom. The number of hydrogen-bond acceptors (Lipinski definition) is 2. The van der Waals surface area contributed by atoms with Gasteiger partial charge in [0.05, 0.1) is 5.75 Å². The Bertz CT molecular complexity index is 773. The average Bonchev–Trinajstić information content (AvgIpc) is 2.62. The van der Waals surface area contributed by atoms with Crippen molar-refractivity contribution in [2.75, 3.05) is 5.75 Å². The van der Waals surface area contributed by atoms with Crippen LogP contribution in [0.3, 0.4) is 0 Å². The topological polar surface area (TPSA) is 29.1 Å². The van der Waals surface area contributed by atoms with Gasteiger partial charge < -0.3 is 5.32 Å². The zero-order valence-corrected chi connectivity index (χ0v) is 15.3. The van der Waals surface area contributed by atoms with Crippen molar-refractivity contribution in [2.45, 2.75) is 43.0 Å². The molecule has 1 N–H and O–H groups in total. The minimum atomic E-state index is 0.218. The van der Waals surface area contributed by atoms with Crippen LogP contribution in [0.1, 0.15) is 32.1 Å². The highest BCUT2D eigenvalue weighted by Gasteiger charge is 2.48. The third kappa shape index (κ3) is 3.08. The predicted octanol–water partition coefficient (Wildman–Crippen LogP) is 4.87. The van der Waals surface area contributed by atoms with Crippen molar-refractivity contribution in [2.24, 2.45) is 23.7 Å². The molecule has 0 unspecified atom stereocenters. The van der Waals surface area contributed by atoms with Crippen molar-refractivity contribution in [3.8, 4) is 0 Å². The minimum Gasteiger partial charge on any atom is -0.352 e. The lowest BCUT2D eigenvalue weighted by Gasteiger charge is -2.54. The van der Waals surface area contributed by atoms with E-state index in [0.717, 1.165) is 23.7 Å². The van der Waals surface area contributed by atoms with E-state index in [-0.39, 0.29) is 5.91 Å². The standard InChI is InChI=1S/C22H25NOS/c24-21(13-25-20-6-5-16-3-1-2-4-17(16)12-20)23-22-18-8-14-7-15(10-18)11-19(22)9-14/h1-6,12,14-15,18-19,22H,7-11,13H2,(H,23,24). The smallest absolute Gasteiger partial charge is 0.230 e. The van der Waals surface area contributed by atoms with Gasteiger partial charge in [-0.2, -0.15) is 0 Å². The van der Waals surface area contributed by atoms with Gasteiger partial charge in [-0.3, -0.25) is 4.79 Å². The molecule has 4 aliphatic rings. The Morgan fingerprint density at radius 2 is 1.60 bits per heavy atom. The fraction of sp³-hybridized carbons (Fsp3) is 0.500. The number of carbonyl (C=O) groups is 1. The van der Waals surface area contributed by atoms with Crippen LogP contribution in [0.15, 0.2) is 47.4 Å². The van der Waals surface area contributed by atoms with Gasteiger partial charge in [-0.1, -0.05) is 30.3 Å². The number of nitrogens with one attached hydrogen (secondary N) is 1. The summed E-state index contributed by atoms with van der Waals surface area (Å²) in [5.41, 5.74) is 0. The van der Waals surface area contributed by atoms with E-state index in [2.05, 4.69) is 47.8 Å². The summed E-state index contributed by atoms with van der Waals surface area (Å²) < 4.78 is 0. The molecule has 0 heterocycles. The van der Waals surface area contributed by atoms with Crippen molar-refractivity contribution >= 4 is 28.4 Å². The maximum Gasteiger partial charge on any atom is 0.230 e. The van der Waals surface area contributed by atoms with Crippen molar-refractivity contribution in [1.29, 1.82) is 0 Å². The first-order valence-electron chi connectivity index (χ1n) is 9.65. The molecule has 2 aromatic rings. The number of hydrogen-bond donors (Lipinski definition) is 1. The Labute approximate surface area is 153 Å². The first-order chi connectivity index (χ1) is 12.2. The molecule has 3 heteroatoms. The van der Waals surface area contributed by atoms with Crippen LogP contribution in [0.5, 0.6) is 0 Å². The van der Waals surface area contributed by atoms with E-state index in [0.29, 0.717) is 11.8 Å². The molecular weight excluding hydrogens is 326 g/mol. The maximum absolute atomic E-state index is 12.5. The van der Waals surface area contributed by atoms with Gasteiger partial charge in [0, 0.05) is 10.9 Å². The molecule has 0 saturated heterocycles. The minimum absolute atomic E-state index is 0.218. The monoisotopic (exact) mass is 351 g/mol. The Balaban J connectivity index is 1.20. The van der Waals surface area contributed by atoms with Crippen molar-refractivity contribution in [3.05, 3.63) is 42.5 Å². The Kier molecular flexibility index (Phi) is 4.00. The van der Waals surface area contributed by atoms with Crippen LogP contribution < -0.4 is 5.32 Å². The molecule has 6 rings (SSSR count). The third-order valence-corrected chi connectivity index (χ3v) is 7.64. The summed E-state index contributed by atoms with van der Waals surface area (Å²) in [6.45, 7) is 0. The fourth-order valence-electron chi connectivity index (χ4n) is 5.79. The first-order valence-corrected chi connectivity index (χ1v) is 10.6. The van der Waals surface area contributed by atoms with Gasteiger partial charge in [-0.15, -0.1) is 11.8 Å². The van der Waals surface area contributed by atoms with Crippen LogP contribution >= 0.6 is 11.8 Å². The maximum atomic E-state index is 12.5. The molecule has 0 aliphatic heterocycles. The second-order valence-corrected chi connectivity index (χ2v) is 9.37. The van der Waals surface area contributed by atoms with Crippen LogP contribution in [0.2, 0.25) is 0 Å². The van der Waals surface area contributed by atoms with Crippen LogP contribution in [0.4, 0.5) is 0 Å². The Hall–Kier alpha value is -1.48. The van der Waals surface area contributed by atoms with E-state index in [1.165, 1.54) is 47.8 Å². The third-order valence-electron chi connectivity index (χ3n) is 6.65. The van der Waals surface area contributed by atoms with Crippen molar-refractivity contribution in [3.63, 3.8) is 0 Å². The molecule has 1 amide bonds. The summed E-state index contributed by atoms with van der Waals surface area (Å²) in [5, 5.41) is 5.91. The molecule has 4 fully saturated rings. The SMILES string of the molecule is O=C(CSc1ccc2ccccc2c1)NC1C2CC3CC(C2)CC1C3. The number of carbonyl (C=O) groups excluding carboxylic acids is 1. The summed E-state index contributed by atoms with van der Waals surface area (Å²) in [5.74, 6) is 4.18. The largest absolute Gasteiger partial charge is 0.352 e. The molecule has 4 aliphatic carbocycles. The fourth-order valence-corrected chi connectivity index (χ4v) is 6.55. The molecule has 0 spiro atoms. The number of benzene rings is 2. The zero-order chi connectivity index (χ0) is 16.8. The lowest BCUT2D eigenvalue weighted by atomic mass is 9.54. The van der Waals surface area contributed by atoms with Gasteiger partial charge in [0.1, 0.15) is 0 Å². The summed E-state index contributed by atoms with van der Waals surface area (Å²) in [7, 11) is 0. The van der Waals surface area contributed by atoms with Gasteiger partial charge in [0.2, 0.25) is 5.91 Å². The average molecular weight is 352 g/mol. The molecular formula is C22H25NOS. The molecule has 0 aromatic heterocycles. The summed E-state index contributed by atoms with van der Waals surface area (Å²) >= 11 is 1.66. The van der Waals surface area contributed by atoms with Crippen LogP contribution in [0.25, 0.3) is 10.8 Å². The lowest BCUT2D eigenvalue weighted by Crippen LogP contribution is -2.56. The zero-order valence-electron chi connectivity index (χ0n) is 14.5. The normalized spacial score (nSPS) is 32.9. The van der Waals surface area contributed by atoms with Crippen molar-refractivity contribution < 1.29 is 4.79 Å². The molecule has 4 bridgehead atoms. The second-order valence-electron chi connectivity index (χ2n) is 8.32. The van der Waals surface area contributed by atoms with E-state index >= 15 is 0 Å².